The van der Waals surface area contributed by atoms with Crippen LogP contribution in [0, 0.1) is 0 Å². The van der Waals surface area contributed by atoms with Crippen LogP contribution in [-0.2, 0) is 0 Å². The van der Waals surface area contributed by atoms with Gasteiger partial charge in [0.15, 0.2) is 0 Å². The van der Waals surface area contributed by atoms with Crippen molar-refractivity contribution in [1.29, 1.82) is 0 Å². The van der Waals surface area contributed by atoms with Crippen LogP contribution >= 0.6 is 0 Å². The van der Waals surface area contributed by atoms with Crippen molar-refractivity contribution in [3.8, 4) is 5.75 Å². The molecule has 5 heteroatoms. The van der Waals surface area contributed by atoms with Crippen LogP contribution < -0.4 is 4.74 Å². The highest BCUT2D eigenvalue weighted by Crippen LogP contribution is 2.34. The number of hydrogen-bond acceptors (Lipinski definition) is 4. The Morgan fingerprint density at radius 3 is 2.39 bits per heavy atom. The first-order chi connectivity index (χ1) is 15.9. The predicted molar refractivity (Wildman–Crippen MR) is 136 cm³/mol. The lowest BCUT2D eigenvalue weighted by molar-refractivity contribution is 0.0306. The van der Waals surface area contributed by atoms with E-state index in [1.807, 2.05) is 43.0 Å². The van der Waals surface area contributed by atoms with E-state index >= 15 is 0 Å². The molecule has 1 aliphatic heterocycles. The summed E-state index contributed by atoms with van der Waals surface area (Å²) in [5.74, 6) is 0.946. The number of carbonyl (C=O) groups is 1. The zero-order valence-corrected chi connectivity index (χ0v) is 20.8. The fourth-order valence-corrected chi connectivity index (χ4v) is 4.89. The van der Waals surface area contributed by atoms with E-state index in [-0.39, 0.29) is 11.9 Å². The van der Waals surface area contributed by atoms with Gasteiger partial charge in [-0.05, 0) is 63.1 Å². The molecule has 2 aromatic carbocycles. The van der Waals surface area contributed by atoms with Gasteiger partial charge < -0.3 is 9.64 Å². The molecule has 1 saturated heterocycles. The van der Waals surface area contributed by atoms with Gasteiger partial charge in [-0.2, -0.15) is 0 Å². The number of methoxy groups -OCH3 is 1. The number of amides is 1. The van der Waals surface area contributed by atoms with Crippen molar-refractivity contribution in [1.82, 2.24) is 14.7 Å². The third kappa shape index (κ3) is 5.66. The van der Waals surface area contributed by atoms with Gasteiger partial charge >= 0.3 is 0 Å². The number of hydrogen-bond donors (Lipinski definition) is 0. The van der Waals surface area contributed by atoms with Crippen molar-refractivity contribution in [3.63, 3.8) is 0 Å². The Morgan fingerprint density at radius 1 is 1.09 bits per heavy atom. The van der Waals surface area contributed by atoms with Crippen molar-refractivity contribution >= 4 is 5.91 Å². The Morgan fingerprint density at radius 2 is 1.79 bits per heavy atom. The summed E-state index contributed by atoms with van der Waals surface area (Å²) >= 11 is 0. The number of carbonyl (C=O) groups excluding carboxylic acids is 1. The molecule has 3 atom stereocenters. The molecule has 5 nitrogen and oxygen atoms in total. The summed E-state index contributed by atoms with van der Waals surface area (Å²) < 4.78 is 5.54. The van der Waals surface area contributed by atoms with Crippen LogP contribution in [-0.4, -0.2) is 72.5 Å². The first-order valence-corrected chi connectivity index (χ1v) is 12.1. The molecule has 0 N–H and O–H groups in total. The Bertz CT molecular complexity index is 923. The second-order valence-electron chi connectivity index (χ2n) is 8.92. The zero-order valence-electron chi connectivity index (χ0n) is 20.8. The van der Waals surface area contributed by atoms with Gasteiger partial charge in [0.2, 0.25) is 0 Å². The number of benzene rings is 2. The van der Waals surface area contributed by atoms with Crippen LogP contribution in [0.15, 0.2) is 61.2 Å². The molecule has 0 saturated carbocycles. The summed E-state index contributed by atoms with van der Waals surface area (Å²) in [6.07, 6.45) is 1.99. The molecule has 1 aliphatic rings. The summed E-state index contributed by atoms with van der Waals surface area (Å²) in [7, 11) is 1.71. The zero-order chi connectivity index (χ0) is 24.0. The van der Waals surface area contributed by atoms with Gasteiger partial charge in [-0.15, -0.1) is 6.58 Å². The van der Waals surface area contributed by atoms with Crippen molar-refractivity contribution < 1.29 is 9.53 Å². The van der Waals surface area contributed by atoms with Gasteiger partial charge in [0, 0.05) is 50.4 Å². The van der Waals surface area contributed by atoms with Crippen LogP contribution in [0.2, 0.25) is 0 Å². The molecule has 0 spiro atoms. The molecule has 3 rings (SSSR count). The molecule has 178 valence electrons. The summed E-state index contributed by atoms with van der Waals surface area (Å²) in [6, 6.07) is 17.4. The Labute approximate surface area is 199 Å². The van der Waals surface area contributed by atoms with E-state index in [1.54, 1.807) is 7.11 Å². The molecule has 0 aromatic heterocycles. The lowest BCUT2D eigenvalue weighted by Crippen LogP contribution is -2.57. The molecule has 33 heavy (non-hydrogen) atoms. The van der Waals surface area contributed by atoms with E-state index in [9.17, 15) is 4.79 Å². The maximum absolute atomic E-state index is 12.8. The maximum Gasteiger partial charge on any atom is 0.253 e. The quantitative estimate of drug-likeness (QED) is 0.513. The molecular weight excluding hydrogens is 410 g/mol. The molecular formula is C28H39N3O2. The average Bonchev–Trinajstić information content (AvgIpc) is 2.83. The van der Waals surface area contributed by atoms with Crippen LogP contribution in [0.4, 0.5) is 0 Å². The van der Waals surface area contributed by atoms with E-state index < -0.39 is 0 Å². The Balaban J connectivity index is 1.98. The van der Waals surface area contributed by atoms with E-state index in [1.165, 1.54) is 11.1 Å². The third-order valence-electron chi connectivity index (χ3n) is 6.79. The molecule has 1 heterocycles. The minimum absolute atomic E-state index is 0.0843. The van der Waals surface area contributed by atoms with E-state index in [2.05, 4.69) is 60.6 Å². The normalized spacial score (nSPS) is 20.3. The van der Waals surface area contributed by atoms with Crippen molar-refractivity contribution in [2.75, 3.05) is 39.8 Å². The molecule has 2 unspecified atom stereocenters. The van der Waals surface area contributed by atoms with Gasteiger partial charge in [0.05, 0.1) is 13.2 Å². The standard InChI is InChI=1S/C28H39N3O2/c1-7-17-30-19-22(5)31(20-21(30)4)27(25-11-10-12-26(18-25)33-6)23-13-15-24(16-14-23)28(32)29(8-2)9-3/h7,10-16,18,21-22,27H,1,8-9,17,19-20H2,2-6H3/t21?,22-,27?/m0/s1. The minimum atomic E-state index is 0.0843. The van der Waals surface area contributed by atoms with Crippen molar-refractivity contribution in [2.24, 2.45) is 0 Å². The van der Waals surface area contributed by atoms with Crippen LogP contribution in [0.5, 0.6) is 5.75 Å². The third-order valence-corrected chi connectivity index (χ3v) is 6.79. The lowest BCUT2D eigenvalue weighted by Gasteiger charge is -2.47. The smallest absolute Gasteiger partial charge is 0.253 e. The minimum Gasteiger partial charge on any atom is -0.497 e. The highest BCUT2D eigenvalue weighted by atomic mass is 16.5. The molecule has 1 amide bonds. The summed E-state index contributed by atoms with van der Waals surface area (Å²) in [6.45, 7) is 16.8. The number of nitrogens with zero attached hydrogens (tertiary/aromatic N) is 3. The van der Waals surface area contributed by atoms with Crippen molar-refractivity contribution in [2.45, 2.75) is 45.8 Å². The van der Waals surface area contributed by atoms with Gasteiger partial charge in [-0.1, -0.05) is 30.3 Å². The van der Waals surface area contributed by atoms with E-state index in [0.717, 1.165) is 30.9 Å². The highest BCUT2D eigenvalue weighted by molar-refractivity contribution is 5.94. The van der Waals surface area contributed by atoms with Gasteiger partial charge in [0.1, 0.15) is 5.75 Å². The van der Waals surface area contributed by atoms with E-state index in [0.29, 0.717) is 25.2 Å². The van der Waals surface area contributed by atoms with Crippen LogP contribution in [0.3, 0.4) is 0 Å². The average molecular weight is 450 g/mol. The van der Waals surface area contributed by atoms with E-state index in [4.69, 9.17) is 4.74 Å². The number of rotatable bonds is 9. The summed E-state index contributed by atoms with van der Waals surface area (Å²) in [5.41, 5.74) is 3.13. The van der Waals surface area contributed by atoms with Crippen molar-refractivity contribution in [3.05, 3.63) is 77.9 Å². The first kappa shape index (κ1) is 25.0. The molecule has 0 radical (unpaired) electrons. The Hall–Kier alpha value is -2.63. The lowest BCUT2D eigenvalue weighted by atomic mass is 9.92. The molecule has 0 aliphatic carbocycles. The largest absolute Gasteiger partial charge is 0.497 e. The highest BCUT2D eigenvalue weighted by Gasteiger charge is 2.34. The monoisotopic (exact) mass is 449 g/mol. The summed E-state index contributed by atoms with van der Waals surface area (Å²) in [5, 5.41) is 0. The predicted octanol–water partition coefficient (Wildman–Crippen LogP) is 4.85. The fourth-order valence-electron chi connectivity index (χ4n) is 4.89. The molecule has 0 bridgehead atoms. The Kier molecular flexibility index (Phi) is 8.70. The van der Waals surface area contributed by atoms with Gasteiger partial charge in [-0.25, -0.2) is 0 Å². The molecule has 1 fully saturated rings. The number of piperazine rings is 1. The summed E-state index contributed by atoms with van der Waals surface area (Å²) in [4.78, 5) is 19.8. The topological polar surface area (TPSA) is 36.0 Å². The fraction of sp³-hybridized carbons (Fsp3) is 0.464. The second kappa shape index (κ2) is 11.5. The van der Waals surface area contributed by atoms with Crippen LogP contribution in [0.1, 0.15) is 55.2 Å². The van der Waals surface area contributed by atoms with Crippen LogP contribution in [0.25, 0.3) is 0 Å². The first-order valence-electron chi connectivity index (χ1n) is 12.1. The molecule has 2 aromatic rings. The van der Waals surface area contributed by atoms with Gasteiger partial charge in [0.25, 0.3) is 5.91 Å². The number of ether oxygens (including phenoxy) is 1. The second-order valence-corrected chi connectivity index (χ2v) is 8.92. The SMILES string of the molecule is C=CCN1C[C@H](C)N(C(c2ccc(C(=O)N(CC)CC)cc2)c2cccc(OC)c2)CC1C. The maximum atomic E-state index is 12.8. The van der Waals surface area contributed by atoms with Gasteiger partial charge in [-0.3, -0.25) is 14.6 Å².